The Labute approximate surface area is 168 Å². The van der Waals surface area contributed by atoms with Crippen molar-refractivity contribution >= 4 is 48.1 Å². The topological polar surface area (TPSA) is 142 Å². The highest BCUT2D eigenvalue weighted by molar-refractivity contribution is 7.98. The van der Waals surface area contributed by atoms with Gasteiger partial charge in [-0.3, -0.25) is 14.4 Å². The van der Waals surface area contributed by atoms with Crippen LogP contribution in [0.25, 0.3) is 0 Å². The van der Waals surface area contributed by atoms with Crippen LogP contribution in [0, 0.1) is 0 Å². The van der Waals surface area contributed by atoms with Gasteiger partial charge in [-0.15, -0.1) is 0 Å². The van der Waals surface area contributed by atoms with E-state index in [1.807, 2.05) is 6.26 Å². The number of amides is 3. The average molecular weight is 421 g/mol. The van der Waals surface area contributed by atoms with Gasteiger partial charge in [-0.05, 0) is 38.2 Å². The number of likely N-dealkylation sites (tertiary alicyclic amines) is 1. The van der Waals surface area contributed by atoms with Gasteiger partial charge in [0.25, 0.3) is 0 Å². The van der Waals surface area contributed by atoms with Crippen LogP contribution in [-0.4, -0.2) is 82.2 Å². The van der Waals surface area contributed by atoms with Crippen molar-refractivity contribution in [2.75, 3.05) is 24.3 Å². The van der Waals surface area contributed by atoms with E-state index < -0.39 is 42.0 Å². The molecule has 1 heterocycles. The van der Waals surface area contributed by atoms with Gasteiger partial charge >= 0.3 is 5.97 Å². The molecule has 0 bridgehead atoms. The first-order valence-corrected chi connectivity index (χ1v) is 10.7. The van der Waals surface area contributed by atoms with Crippen molar-refractivity contribution in [3.63, 3.8) is 0 Å². The Hall–Kier alpha value is -1.46. The van der Waals surface area contributed by atoms with Crippen LogP contribution in [0.3, 0.4) is 0 Å². The second kappa shape index (κ2) is 11.4. The van der Waals surface area contributed by atoms with Crippen LogP contribution in [0.2, 0.25) is 0 Å². The maximum Gasteiger partial charge on any atom is 0.327 e. The zero-order valence-corrected chi connectivity index (χ0v) is 17.2. The van der Waals surface area contributed by atoms with Gasteiger partial charge < -0.3 is 26.4 Å². The van der Waals surface area contributed by atoms with Gasteiger partial charge in [0.05, 0.1) is 6.04 Å². The number of hydrogen-bond acceptors (Lipinski definition) is 7. The fourth-order valence-corrected chi connectivity index (χ4v) is 3.48. The summed E-state index contributed by atoms with van der Waals surface area (Å²) < 4.78 is 0. The lowest BCUT2D eigenvalue weighted by Crippen LogP contribution is -2.56. The Balaban J connectivity index is 2.65. The van der Waals surface area contributed by atoms with Crippen molar-refractivity contribution < 1.29 is 24.3 Å². The fourth-order valence-electron chi connectivity index (χ4n) is 2.74. The molecular weight excluding hydrogens is 392 g/mol. The predicted octanol–water partition coefficient (Wildman–Crippen LogP) is -0.938. The van der Waals surface area contributed by atoms with E-state index in [-0.39, 0.29) is 11.7 Å². The Morgan fingerprint density at radius 2 is 2.00 bits per heavy atom. The van der Waals surface area contributed by atoms with Crippen LogP contribution in [0.4, 0.5) is 0 Å². The molecule has 5 N–H and O–H groups in total. The Morgan fingerprint density at radius 3 is 2.56 bits per heavy atom. The molecule has 1 rings (SSSR count). The zero-order chi connectivity index (χ0) is 20.6. The first kappa shape index (κ1) is 23.6. The van der Waals surface area contributed by atoms with E-state index in [2.05, 4.69) is 23.3 Å². The number of carboxylic acids is 1. The van der Waals surface area contributed by atoms with Crippen molar-refractivity contribution in [1.29, 1.82) is 0 Å². The summed E-state index contributed by atoms with van der Waals surface area (Å²) in [6.07, 6.45) is 3.64. The molecule has 0 aromatic carbocycles. The summed E-state index contributed by atoms with van der Waals surface area (Å²) in [6.45, 7) is 1.90. The Kier molecular flexibility index (Phi) is 9.95. The van der Waals surface area contributed by atoms with Crippen LogP contribution < -0.4 is 16.4 Å². The normalized spacial score (nSPS) is 19.9. The summed E-state index contributed by atoms with van der Waals surface area (Å²) in [6, 6.07) is -3.41. The van der Waals surface area contributed by atoms with Gasteiger partial charge in [-0.25, -0.2) is 4.79 Å². The zero-order valence-electron chi connectivity index (χ0n) is 15.5. The van der Waals surface area contributed by atoms with Crippen LogP contribution in [0.5, 0.6) is 0 Å². The Bertz CT molecular complexity index is 563. The molecule has 1 aliphatic heterocycles. The first-order valence-electron chi connectivity index (χ1n) is 8.72. The van der Waals surface area contributed by atoms with Crippen molar-refractivity contribution in [2.24, 2.45) is 5.73 Å². The number of nitrogens with two attached hydrogens (primary N) is 1. The number of nitrogens with one attached hydrogen (secondary N) is 2. The number of carbonyl (C=O) groups is 4. The van der Waals surface area contributed by atoms with Crippen LogP contribution >= 0.6 is 24.4 Å². The molecule has 1 aliphatic rings. The molecule has 4 unspecified atom stereocenters. The fraction of sp³-hybridized carbons (Fsp3) is 0.750. The minimum Gasteiger partial charge on any atom is -0.480 e. The SMILES string of the molecule is CSCCC(N)C(=O)N1CCCC1C(=O)NC(C)C(=O)NC(CS)C(=O)O. The molecule has 1 fully saturated rings. The molecule has 0 radical (unpaired) electrons. The molecule has 3 amide bonds. The molecule has 0 spiro atoms. The van der Waals surface area contributed by atoms with E-state index in [1.54, 1.807) is 11.8 Å². The predicted molar refractivity (Wildman–Crippen MR) is 107 cm³/mol. The van der Waals surface area contributed by atoms with Gasteiger partial charge in [0, 0.05) is 12.3 Å². The highest BCUT2D eigenvalue weighted by Crippen LogP contribution is 2.19. The molecule has 0 aromatic heterocycles. The molecule has 1 saturated heterocycles. The molecule has 154 valence electrons. The number of thioether (sulfide) groups is 1. The number of carboxylic acid groups (broad SMARTS) is 1. The third-order valence-electron chi connectivity index (χ3n) is 4.34. The standard InChI is InChI=1S/C16H28N4O5S2/c1-9(13(21)19-11(8-26)16(24)25)18-14(22)12-4-3-6-20(12)15(23)10(17)5-7-27-2/h9-12,26H,3-8,17H2,1-2H3,(H,18,22)(H,19,21)(H,24,25). The molecule has 0 saturated carbocycles. The molecular formula is C16H28N4O5S2. The van der Waals surface area contributed by atoms with Gasteiger partial charge in [-0.2, -0.15) is 24.4 Å². The number of nitrogens with zero attached hydrogens (tertiary/aromatic N) is 1. The van der Waals surface area contributed by atoms with E-state index in [0.717, 1.165) is 5.75 Å². The highest BCUT2D eigenvalue weighted by Gasteiger charge is 2.37. The maximum absolute atomic E-state index is 12.5. The molecule has 4 atom stereocenters. The summed E-state index contributed by atoms with van der Waals surface area (Å²) >= 11 is 5.47. The van der Waals surface area contributed by atoms with Crippen molar-refractivity contribution in [3.8, 4) is 0 Å². The van der Waals surface area contributed by atoms with Crippen molar-refractivity contribution in [2.45, 2.75) is 50.4 Å². The van der Waals surface area contributed by atoms with Crippen LogP contribution in [0.1, 0.15) is 26.2 Å². The van der Waals surface area contributed by atoms with Crippen molar-refractivity contribution in [3.05, 3.63) is 0 Å². The second-order valence-electron chi connectivity index (χ2n) is 6.39. The number of hydrogen-bond donors (Lipinski definition) is 5. The number of thiol groups is 1. The molecule has 27 heavy (non-hydrogen) atoms. The Morgan fingerprint density at radius 1 is 1.33 bits per heavy atom. The third kappa shape index (κ3) is 6.89. The summed E-state index contributed by atoms with van der Waals surface area (Å²) in [5, 5.41) is 13.8. The van der Waals surface area contributed by atoms with E-state index in [1.165, 1.54) is 11.8 Å². The van der Waals surface area contributed by atoms with E-state index in [9.17, 15) is 19.2 Å². The maximum atomic E-state index is 12.5. The van der Waals surface area contributed by atoms with E-state index in [4.69, 9.17) is 10.8 Å². The number of aliphatic carboxylic acids is 1. The number of rotatable bonds is 10. The van der Waals surface area contributed by atoms with E-state index >= 15 is 0 Å². The first-order chi connectivity index (χ1) is 12.7. The minimum absolute atomic E-state index is 0.0689. The molecule has 0 aromatic rings. The smallest absolute Gasteiger partial charge is 0.327 e. The minimum atomic E-state index is -1.20. The van der Waals surface area contributed by atoms with Crippen molar-refractivity contribution in [1.82, 2.24) is 15.5 Å². The highest BCUT2D eigenvalue weighted by atomic mass is 32.2. The van der Waals surface area contributed by atoms with Gasteiger partial charge in [0.15, 0.2) is 0 Å². The quantitative estimate of drug-likeness (QED) is 0.287. The summed E-state index contributed by atoms with van der Waals surface area (Å²) in [5.74, 6) is -1.86. The lowest BCUT2D eigenvalue weighted by molar-refractivity contribution is -0.142. The average Bonchev–Trinajstić information content (AvgIpc) is 3.12. The summed E-state index contributed by atoms with van der Waals surface area (Å²) in [4.78, 5) is 49.6. The second-order valence-corrected chi connectivity index (χ2v) is 7.74. The molecule has 0 aliphatic carbocycles. The molecule has 11 heteroatoms. The lowest BCUT2D eigenvalue weighted by atomic mass is 10.1. The van der Waals surface area contributed by atoms with Gasteiger partial charge in [-0.1, -0.05) is 0 Å². The van der Waals surface area contributed by atoms with Gasteiger partial charge in [0.1, 0.15) is 18.1 Å². The molecule has 9 nitrogen and oxygen atoms in total. The van der Waals surface area contributed by atoms with E-state index in [0.29, 0.717) is 25.8 Å². The summed E-state index contributed by atoms with van der Waals surface area (Å²) in [7, 11) is 0. The van der Waals surface area contributed by atoms with Crippen LogP contribution in [-0.2, 0) is 19.2 Å². The third-order valence-corrected chi connectivity index (χ3v) is 5.35. The summed E-state index contributed by atoms with van der Waals surface area (Å²) in [5.41, 5.74) is 5.93. The largest absolute Gasteiger partial charge is 0.480 e. The number of carbonyl (C=O) groups excluding carboxylic acids is 3. The van der Waals surface area contributed by atoms with Crippen LogP contribution in [0.15, 0.2) is 0 Å². The van der Waals surface area contributed by atoms with Gasteiger partial charge in [0.2, 0.25) is 17.7 Å². The lowest BCUT2D eigenvalue weighted by Gasteiger charge is -2.27. The monoisotopic (exact) mass is 420 g/mol.